The summed E-state index contributed by atoms with van der Waals surface area (Å²) in [7, 11) is 0. The molecule has 1 aromatic heterocycles. The van der Waals surface area contributed by atoms with E-state index in [2.05, 4.69) is 33.9 Å². The van der Waals surface area contributed by atoms with E-state index in [0.717, 1.165) is 63.4 Å². The van der Waals surface area contributed by atoms with Crippen LogP contribution in [0.3, 0.4) is 0 Å². The lowest BCUT2D eigenvalue weighted by atomic mass is 10.1. The van der Waals surface area contributed by atoms with Crippen LogP contribution >= 0.6 is 0 Å². The molecule has 2 N–H and O–H groups in total. The minimum Gasteiger partial charge on any atom is -0.475 e. The molecule has 0 atom stereocenters. The normalized spacial score (nSPS) is 14.6. The van der Waals surface area contributed by atoms with E-state index in [1.807, 2.05) is 12.1 Å². The highest BCUT2D eigenvalue weighted by atomic mass is 19.4. The highest BCUT2D eigenvalue weighted by Gasteiger charge is 2.38. The van der Waals surface area contributed by atoms with Crippen LogP contribution in [0.4, 0.5) is 13.2 Å². The summed E-state index contributed by atoms with van der Waals surface area (Å²) in [5.41, 5.74) is 3.01. The summed E-state index contributed by atoms with van der Waals surface area (Å²) in [6.45, 7) is 6.67. The Balaban J connectivity index is 0.000000423. The number of ether oxygens (including phenoxy) is 1. The highest BCUT2D eigenvalue weighted by molar-refractivity contribution is 5.73. The van der Waals surface area contributed by atoms with E-state index in [0.29, 0.717) is 5.82 Å². The molecule has 1 aliphatic heterocycles. The summed E-state index contributed by atoms with van der Waals surface area (Å²) >= 11 is 0. The largest absolute Gasteiger partial charge is 0.490 e. The molecule has 0 amide bonds. The fourth-order valence-corrected chi connectivity index (χ4v) is 2.92. The Bertz CT molecular complexity index is 892. The van der Waals surface area contributed by atoms with E-state index in [-0.39, 0.29) is 5.56 Å². The third-order valence-corrected chi connectivity index (χ3v) is 4.56. The van der Waals surface area contributed by atoms with Gasteiger partial charge in [0, 0.05) is 37.0 Å². The number of morpholine rings is 1. The number of carboxylic acids is 1. The molecule has 31 heavy (non-hydrogen) atoms. The first kappa shape index (κ1) is 24.5. The van der Waals surface area contributed by atoms with Gasteiger partial charge in [-0.05, 0) is 18.4 Å². The number of carbonyl (C=O) groups is 1. The first-order chi connectivity index (χ1) is 14.7. The Morgan fingerprint density at radius 3 is 2.39 bits per heavy atom. The van der Waals surface area contributed by atoms with Crippen LogP contribution in [-0.2, 0) is 22.5 Å². The third kappa shape index (κ3) is 8.50. The topological polar surface area (TPSA) is 95.5 Å². The Hall–Kier alpha value is -2.72. The zero-order valence-corrected chi connectivity index (χ0v) is 17.2. The summed E-state index contributed by atoms with van der Waals surface area (Å²) in [5.74, 6) is -2.10. The Morgan fingerprint density at radius 1 is 1.23 bits per heavy atom. The number of aliphatic carboxylic acids is 1. The number of hydrogen-bond donors (Lipinski definition) is 2. The molecular weight excluding hydrogens is 415 g/mol. The summed E-state index contributed by atoms with van der Waals surface area (Å²) in [5, 5.41) is 7.12. The van der Waals surface area contributed by atoms with Crippen molar-refractivity contribution in [2.45, 2.75) is 38.9 Å². The fraction of sp³-hybridized carbons (Fsp3) is 0.476. The van der Waals surface area contributed by atoms with Crippen molar-refractivity contribution in [1.82, 2.24) is 14.9 Å². The number of unbranched alkanes of at least 4 members (excludes halogenated alkanes) is 1. The van der Waals surface area contributed by atoms with Crippen LogP contribution in [0, 0.1) is 0 Å². The lowest BCUT2D eigenvalue weighted by Crippen LogP contribution is -2.35. The Morgan fingerprint density at radius 2 is 1.84 bits per heavy atom. The second kappa shape index (κ2) is 11.6. The Kier molecular flexibility index (Phi) is 9.20. The van der Waals surface area contributed by atoms with Crippen LogP contribution in [0.2, 0.25) is 0 Å². The maximum Gasteiger partial charge on any atom is 0.490 e. The van der Waals surface area contributed by atoms with E-state index in [9.17, 15) is 18.0 Å². The molecule has 7 nitrogen and oxygen atoms in total. The van der Waals surface area contributed by atoms with Crippen LogP contribution in [0.5, 0.6) is 0 Å². The van der Waals surface area contributed by atoms with Gasteiger partial charge < -0.3 is 14.8 Å². The number of carboxylic acid groups (broad SMARTS) is 1. The lowest BCUT2D eigenvalue weighted by molar-refractivity contribution is -0.192. The molecule has 3 rings (SSSR count). The van der Waals surface area contributed by atoms with E-state index in [1.54, 1.807) is 6.07 Å². The van der Waals surface area contributed by atoms with Crippen molar-refractivity contribution in [2.75, 3.05) is 26.3 Å². The average Bonchev–Trinajstić information content (AvgIpc) is 2.73. The van der Waals surface area contributed by atoms with Gasteiger partial charge in [-0.25, -0.2) is 9.78 Å². The second-order valence-corrected chi connectivity index (χ2v) is 7.08. The highest BCUT2D eigenvalue weighted by Crippen LogP contribution is 2.17. The Labute approximate surface area is 177 Å². The number of benzene rings is 1. The van der Waals surface area contributed by atoms with Gasteiger partial charge in [0.15, 0.2) is 0 Å². The molecule has 10 heteroatoms. The smallest absolute Gasteiger partial charge is 0.475 e. The number of hydrogen-bond acceptors (Lipinski definition) is 5. The van der Waals surface area contributed by atoms with Crippen LogP contribution < -0.4 is 5.56 Å². The van der Waals surface area contributed by atoms with E-state index in [1.165, 1.54) is 5.56 Å². The third-order valence-electron chi connectivity index (χ3n) is 4.56. The number of nitrogens with zero attached hydrogens (tertiary/aromatic N) is 2. The summed E-state index contributed by atoms with van der Waals surface area (Å²) < 4.78 is 37.1. The maximum absolute atomic E-state index is 11.9. The molecule has 2 aromatic rings. The molecule has 0 radical (unpaired) electrons. The second-order valence-electron chi connectivity index (χ2n) is 7.08. The molecule has 1 aromatic carbocycles. The molecule has 0 spiro atoms. The predicted molar refractivity (Wildman–Crippen MR) is 109 cm³/mol. The van der Waals surface area contributed by atoms with Crippen molar-refractivity contribution in [1.29, 1.82) is 0 Å². The van der Waals surface area contributed by atoms with Gasteiger partial charge >= 0.3 is 12.1 Å². The minimum absolute atomic E-state index is 0.0801. The number of aromatic nitrogens is 2. The van der Waals surface area contributed by atoms with Gasteiger partial charge in [0.25, 0.3) is 5.56 Å². The number of halogens is 3. The molecule has 2 heterocycles. The van der Waals surface area contributed by atoms with Gasteiger partial charge in [-0.1, -0.05) is 37.6 Å². The van der Waals surface area contributed by atoms with Crippen molar-refractivity contribution in [3.63, 3.8) is 0 Å². The van der Waals surface area contributed by atoms with Crippen LogP contribution in [-0.4, -0.2) is 58.4 Å². The molecule has 0 bridgehead atoms. The summed E-state index contributed by atoms with van der Waals surface area (Å²) in [6.07, 6.45) is -2.09. The van der Waals surface area contributed by atoms with Crippen LogP contribution in [0.25, 0.3) is 11.4 Å². The van der Waals surface area contributed by atoms with Gasteiger partial charge in [0.2, 0.25) is 0 Å². The molecule has 0 unspecified atom stereocenters. The zero-order valence-electron chi connectivity index (χ0n) is 17.2. The van der Waals surface area contributed by atoms with Gasteiger partial charge in [-0.2, -0.15) is 13.2 Å². The molecule has 0 aliphatic carbocycles. The molecular formula is C21H26F3N3O4. The summed E-state index contributed by atoms with van der Waals surface area (Å²) in [4.78, 5) is 30.6. The molecule has 170 valence electrons. The number of nitrogens with one attached hydrogen (secondary N) is 1. The predicted octanol–water partition coefficient (Wildman–Crippen LogP) is 3.25. The number of aromatic amines is 1. The number of rotatable bonds is 6. The monoisotopic (exact) mass is 441 g/mol. The lowest BCUT2D eigenvalue weighted by Gasteiger charge is -2.26. The first-order valence-corrected chi connectivity index (χ1v) is 9.98. The van der Waals surface area contributed by atoms with Crippen molar-refractivity contribution in [3.8, 4) is 11.4 Å². The van der Waals surface area contributed by atoms with Gasteiger partial charge in [0.1, 0.15) is 5.82 Å². The molecule has 1 aliphatic rings. The van der Waals surface area contributed by atoms with E-state index in [4.69, 9.17) is 14.6 Å². The van der Waals surface area contributed by atoms with Crippen molar-refractivity contribution in [2.24, 2.45) is 0 Å². The van der Waals surface area contributed by atoms with E-state index < -0.39 is 12.1 Å². The number of alkyl halides is 3. The quantitative estimate of drug-likeness (QED) is 0.715. The molecule has 1 saturated heterocycles. The zero-order chi connectivity index (χ0) is 22.9. The van der Waals surface area contributed by atoms with Gasteiger partial charge in [0.05, 0.1) is 13.2 Å². The van der Waals surface area contributed by atoms with Crippen LogP contribution in [0.15, 0.2) is 35.1 Å². The fourth-order valence-electron chi connectivity index (χ4n) is 2.92. The number of H-pyrrole nitrogens is 1. The van der Waals surface area contributed by atoms with Crippen LogP contribution in [0.1, 0.15) is 31.0 Å². The average molecular weight is 441 g/mol. The van der Waals surface area contributed by atoms with Crippen molar-refractivity contribution in [3.05, 3.63) is 51.9 Å². The van der Waals surface area contributed by atoms with Gasteiger partial charge in [-0.15, -0.1) is 0 Å². The standard InChI is InChI=1S/C19H25N3O2.C2HF3O2/c1-2-3-4-17-13-18(23)21-19(20-17)16-7-5-15(6-8-16)14-22-9-11-24-12-10-22;3-2(4,5)1(6)7/h5-8,13H,2-4,9-12,14H2,1H3,(H,20,21,23);(H,6,7). The molecule has 0 saturated carbocycles. The maximum atomic E-state index is 11.9. The van der Waals surface area contributed by atoms with Gasteiger partial charge in [-0.3, -0.25) is 9.69 Å². The SMILES string of the molecule is CCCCc1cc(=O)[nH]c(-c2ccc(CN3CCOCC3)cc2)n1.O=C(O)C(F)(F)F. The molecule has 1 fully saturated rings. The van der Waals surface area contributed by atoms with Crippen molar-refractivity contribution < 1.29 is 27.8 Å². The van der Waals surface area contributed by atoms with Crippen molar-refractivity contribution >= 4 is 5.97 Å². The minimum atomic E-state index is -5.08. The number of aryl methyl sites for hydroxylation is 1. The summed E-state index contributed by atoms with van der Waals surface area (Å²) in [6, 6.07) is 9.91. The van der Waals surface area contributed by atoms with E-state index >= 15 is 0 Å². The first-order valence-electron chi connectivity index (χ1n) is 9.98.